The van der Waals surface area contributed by atoms with Crippen LogP contribution in [0.4, 0.5) is 5.69 Å². The van der Waals surface area contributed by atoms with E-state index >= 15 is 0 Å². The Labute approximate surface area is 180 Å². The van der Waals surface area contributed by atoms with E-state index in [4.69, 9.17) is 4.98 Å². The lowest BCUT2D eigenvalue weighted by atomic mass is 10.2. The normalized spacial score (nSPS) is 13.4. The number of hydrogen-bond acceptors (Lipinski definition) is 4. The maximum absolute atomic E-state index is 12.8. The van der Waals surface area contributed by atoms with Crippen molar-refractivity contribution in [3.63, 3.8) is 0 Å². The third kappa shape index (κ3) is 5.02. The Kier molecular flexibility index (Phi) is 6.38. The van der Waals surface area contributed by atoms with Gasteiger partial charge in [0.05, 0.1) is 11.0 Å². The molecule has 0 aliphatic heterocycles. The van der Waals surface area contributed by atoms with Crippen molar-refractivity contribution in [2.45, 2.75) is 37.1 Å². The molecule has 0 atom stereocenters. The molecule has 0 unspecified atom stereocenters. The van der Waals surface area contributed by atoms with Gasteiger partial charge in [-0.15, -0.1) is 11.8 Å². The predicted molar refractivity (Wildman–Crippen MR) is 121 cm³/mol. The van der Waals surface area contributed by atoms with Crippen LogP contribution in [0, 0.1) is 5.92 Å². The summed E-state index contributed by atoms with van der Waals surface area (Å²) in [5.74, 6) is 1.17. The summed E-state index contributed by atoms with van der Waals surface area (Å²) in [5, 5.41) is 5.99. The topological polar surface area (TPSA) is 76.0 Å². The second-order valence-electron chi connectivity index (χ2n) is 7.55. The van der Waals surface area contributed by atoms with Crippen LogP contribution in [-0.4, -0.2) is 34.2 Å². The standard InChI is InChI=1S/C23H26N4O2S/c1-30-18-7-4-6-17(14-18)25-22(28)15-27-20-9-3-2-8-19(20)26-21(27)10-5-13-24-23(29)16-11-12-16/h2-4,6-9,14,16H,5,10-13,15H2,1H3,(H,24,29)(H,25,28). The number of amides is 2. The van der Waals surface area contributed by atoms with E-state index in [0.717, 1.165) is 46.7 Å². The molecule has 7 heteroatoms. The van der Waals surface area contributed by atoms with Crippen LogP contribution < -0.4 is 10.6 Å². The smallest absolute Gasteiger partial charge is 0.244 e. The summed E-state index contributed by atoms with van der Waals surface area (Å²) in [6.45, 7) is 0.833. The minimum Gasteiger partial charge on any atom is -0.356 e. The SMILES string of the molecule is CSc1cccc(NC(=O)Cn2c(CCCNC(=O)C3CC3)nc3ccccc32)c1. The molecule has 2 N–H and O–H groups in total. The number of carbonyl (C=O) groups is 2. The number of anilines is 1. The summed E-state index contributed by atoms with van der Waals surface area (Å²) >= 11 is 1.64. The van der Waals surface area contributed by atoms with E-state index < -0.39 is 0 Å². The lowest BCUT2D eigenvalue weighted by Gasteiger charge is -2.11. The third-order valence-electron chi connectivity index (χ3n) is 5.21. The first-order valence-corrected chi connectivity index (χ1v) is 11.5. The first-order chi connectivity index (χ1) is 14.6. The Balaban J connectivity index is 1.43. The summed E-state index contributed by atoms with van der Waals surface area (Å²) in [6, 6.07) is 15.7. The molecule has 1 saturated carbocycles. The van der Waals surface area contributed by atoms with E-state index in [1.165, 1.54) is 0 Å². The number of thioether (sulfide) groups is 1. The number of aromatic nitrogens is 2. The van der Waals surface area contributed by atoms with Gasteiger partial charge < -0.3 is 15.2 Å². The van der Waals surface area contributed by atoms with Gasteiger partial charge in [0.25, 0.3) is 0 Å². The molecule has 2 amide bonds. The van der Waals surface area contributed by atoms with Crippen LogP contribution in [-0.2, 0) is 22.6 Å². The molecule has 6 nitrogen and oxygen atoms in total. The molecule has 0 spiro atoms. The number of fused-ring (bicyclic) bond motifs is 1. The van der Waals surface area contributed by atoms with E-state index in [9.17, 15) is 9.59 Å². The summed E-state index contributed by atoms with van der Waals surface area (Å²) < 4.78 is 1.98. The monoisotopic (exact) mass is 422 g/mol. The molecule has 1 heterocycles. The van der Waals surface area contributed by atoms with Crippen molar-refractivity contribution in [3.05, 3.63) is 54.4 Å². The average Bonchev–Trinajstić information content (AvgIpc) is 3.55. The fraction of sp³-hybridized carbons (Fsp3) is 0.348. The number of imidazole rings is 1. The quantitative estimate of drug-likeness (QED) is 0.406. The second kappa shape index (κ2) is 9.34. The first kappa shape index (κ1) is 20.5. The van der Waals surface area contributed by atoms with Gasteiger partial charge in [-0.05, 0) is 55.9 Å². The Morgan fingerprint density at radius 1 is 1.17 bits per heavy atom. The number of nitrogens with one attached hydrogen (secondary N) is 2. The van der Waals surface area contributed by atoms with Gasteiger partial charge in [-0.1, -0.05) is 18.2 Å². The number of para-hydroxylation sites is 2. The van der Waals surface area contributed by atoms with E-state index in [1.807, 2.05) is 59.4 Å². The molecule has 2 aromatic carbocycles. The molecule has 3 aromatic rings. The van der Waals surface area contributed by atoms with Gasteiger partial charge in [-0.25, -0.2) is 4.98 Å². The molecular formula is C23H26N4O2S. The van der Waals surface area contributed by atoms with Crippen molar-refractivity contribution in [2.75, 3.05) is 18.1 Å². The second-order valence-corrected chi connectivity index (χ2v) is 8.43. The molecule has 1 aliphatic carbocycles. The molecule has 0 radical (unpaired) electrons. The van der Waals surface area contributed by atoms with E-state index in [-0.39, 0.29) is 24.3 Å². The lowest BCUT2D eigenvalue weighted by molar-refractivity contribution is -0.122. The summed E-state index contributed by atoms with van der Waals surface area (Å²) in [5.41, 5.74) is 2.62. The summed E-state index contributed by atoms with van der Waals surface area (Å²) in [6.07, 6.45) is 5.53. The van der Waals surface area contributed by atoms with Gasteiger partial charge in [-0.2, -0.15) is 0 Å². The highest BCUT2D eigenvalue weighted by Gasteiger charge is 2.29. The highest BCUT2D eigenvalue weighted by Crippen LogP contribution is 2.28. The van der Waals surface area contributed by atoms with Gasteiger partial charge in [0, 0.05) is 29.5 Å². The molecule has 1 aliphatic rings. The summed E-state index contributed by atoms with van der Waals surface area (Å²) in [4.78, 5) is 30.4. The number of rotatable bonds is 9. The van der Waals surface area contributed by atoms with Crippen LogP contribution in [0.2, 0.25) is 0 Å². The Morgan fingerprint density at radius 3 is 2.80 bits per heavy atom. The van der Waals surface area contributed by atoms with Crippen molar-refractivity contribution >= 4 is 40.3 Å². The Bertz CT molecular complexity index is 1060. The summed E-state index contributed by atoms with van der Waals surface area (Å²) in [7, 11) is 0. The van der Waals surface area contributed by atoms with Crippen molar-refractivity contribution in [1.29, 1.82) is 0 Å². The van der Waals surface area contributed by atoms with Crippen molar-refractivity contribution in [2.24, 2.45) is 5.92 Å². The molecular weight excluding hydrogens is 396 g/mol. The van der Waals surface area contributed by atoms with Crippen LogP contribution in [0.3, 0.4) is 0 Å². The number of hydrogen-bond donors (Lipinski definition) is 2. The van der Waals surface area contributed by atoms with Crippen LogP contribution in [0.15, 0.2) is 53.4 Å². The average molecular weight is 423 g/mol. The van der Waals surface area contributed by atoms with Gasteiger partial charge >= 0.3 is 0 Å². The number of nitrogens with zero attached hydrogens (tertiary/aromatic N) is 2. The van der Waals surface area contributed by atoms with Crippen LogP contribution in [0.25, 0.3) is 11.0 Å². The highest BCUT2D eigenvalue weighted by atomic mass is 32.2. The minimum atomic E-state index is -0.0836. The minimum absolute atomic E-state index is 0.0836. The van der Waals surface area contributed by atoms with Gasteiger partial charge in [0.1, 0.15) is 12.4 Å². The lowest BCUT2D eigenvalue weighted by Crippen LogP contribution is -2.26. The number of benzene rings is 2. The zero-order chi connectivity index (χ0) is 20.9. The highest BCUT2D eigenvalue weighted by molar-refractivity contribution is 7.98. The molecule has 0 saturated heterocycles. The largest absolute Gasteiger partial charge is 0.356 e. The van der Waals surface area contributed by atoms with Crippen LogP contribution >= 0.6 is 11.8 Å². The van der Waals surface area contributed by atoms with Crippen LogP contribution in [0.1, 0.15) is 25.1 Å². The number of aryl methyl sites for hydroxylation is 1. The zero-order valence-electron chi connectivity index (χ0n) is 17.1. The van der Waals surface area contributed by atoms with Crippen LogP contribution in [0.5, 0.6) is 0 Å². The van der Waals surface area contributed by atoms with Crippen molar-refractivity contribution < 1.29 is 9.59 Å². The molecule has 0 bridgehead atoms. The third-order valence-corrected chi connectivity index (χ3v) is 5.94. The first-order valence-electron chi connectivity index (χ1n) is 10.3. The molecule has 1 fully saturated rings. The molecule has 1 aromatic heterocycles. The number of carbonyl (C=O) groups excluding carboxylic acids is 2. The van der Waals surface area contributed by atoms with Crippen molar-refractivity contribution in [1.82, 2.24) is 14.9 Å². The Morgan fingerprint density at radius 2 is 2.00 bits per heavy atom. The molecule has 156 valence electrons. The molecule has 30 heavy (non-hydrogen) atoms. The maximum Gasteiger partial charge on any atom is 0.244 e. The zero-order valence-corrected chi connectivity index (χ0v) is 17.9. The Hall–Kier alpha value is -2.80. The molecule has 4 rings (SSSR count). The fourth-order valence-corrected chi connectivity index (χ4v) is 3.95. The van der Waals surface area contributed by atoms with E-state index in [1.54, 1.807) is 11.8 Å². The van der Waals surface area contributed by atoms with Crippen molar-refractivity contribution in [3.8, 4) is 0 Å². The van der Waals surface area contributed by atoms with Gasteiger partial charge in [-0.3, -0.25) is 9.59 Å². The van der Waals surface area contributed by atoms with E-state index in [0.29, 0.717) is 13.0 Å². The van der Waals surface area contributed by atoms with E-state index in [2.05, 4.69) is 10.6 Å². The fourth-order valence-electron chi connectivity index (χ4n) is 3.49. The predicted octanol–water partition coefficient (Wildman–Crippen LogP) is 3.86. The van der Waals surface area contributed by atoms with Gasteiger partial charge in [0.15, 0.2) is 0 Å². The maximum atomic E-state index is 12.8. The van der Waals surface area contributed by atoms with Gasteiger partial charge in [0.2, 0.25) is 11.8 Å².